The van der Waals surface area contributed by atoms with Crippen LogP contribution < -0.4 is 5.32 Å². The van der Waals surface area contributed by atoms with Gasteiger partial charge >= 0.3 is 6.09 Å². The molecule has 0 spiro atoms. The van der Waals surface area contributed by atoms with Crippen LogP contribution in [-0.2, 0) is 9.53 Å². The molecule has 1 amide bonds. The molecule has 0 aliphatic rings. The first-order valence-corrected chi connectivity index (χ1v) is 6.69. The second kappa shape index (κ2) is 7.31. The third kappa shape index (κ3) is 7.65. The maximum Gasteiger partial charge on any atom is 0.407 e. The molecule has 0 saturated heterocycles. The van der Waals surface area contributed by atoms with Crippen LogP contribution in [0.4, 0.5) is 4.79 Å². The van der Waals surface area contributed by atoms with Gasteiger partial charge in [0.25, 0.3) is 0 Å². The van der Waals surface area contributed by atoms with Gasteiger partial charge < -0.3 is 10.1 Å². The third-order valence-electron chi connectivity index (χ3n) is 2.58. The molecule has 4 heteroatoms. The van der Waals surface area contributed by atoms with Crippen molar-refractivity contribution in [3.8, 4) is 0 Å². The lowest BCUT2D eigenvalue weighted by atomic mass is 9.89. The summed E-state index contributed by atoms with van der Waals surface area (Å²) in [5.41, 5.74) is -0.549. The van der Waals surface area contributed by atoms with E-state index in [0.29, 0.717) is 12.3 Å². The smallest absolute Gasteiger partial charge is 0.407 e. The number of ether oxygens (including phenoxy) is 1. The van der Waals surface area contributed by atoms with Crippen molar-refractivity contribution in [2.45, 2.75) is 59.6 Å². The lowest BCUT2D eigenvalue weighted by Crippen LogP contribution is -2.45. The summed E-state index contributed by atoms with van der Waals surface area (Å²) in [5.74, 6) is -0.0200. The number of carbonyl (C=O) groups excluding carboxylic acids is 2. The SMILES string of the molecule is C=C[C@H](C(C)=O)[C@H](CC(C)C)NC(=O)OC(C)(C)C. The first-order chi connectivity index (χ1) is 8.56. The minimum absolute atomic E-state index is 0.00305. The summed E-state index contributed by atoms with van der Waals surface area (Å²) < 4.78 is 5.23. The Kier molecular flexibility index (Phi) is 6.81. The van der Waals surface area contributed by atoms with Crippen LogP contribution in [0.2, 0.25) is 0 Å². The first-order valence-electron chi connectivity index (χ1n) is 6.69. The van der Waals surface area contributed by atoms with Crippen LogP contribution in [0, 0.1) is 11.8 Å². The van der Waals surface area contributed by atoms with Gasteiger partial charge in [-0.2, -0.15) is 0 Å². The maximum absolute atomic E-state index is 11.8. The highest BCUT2D eigenvalue weighted by atomic mass is 16.6. The summed E-state index contributed by atoms with van der Waals surface area (Å²) in [6.07, 6.45) is 1.80. The van der Waals surface area contributed by atoms with Crippen LogP contribution in [0.25, 0.3) is 0 Å². The van der Waals surface area contributed by atoms with Crippen LogP contribution in [0.3, 0.4) is 0 Å². The maximum atomic E-state index is 11.8. The van der Waals surface area contributed by atoms with Gasteiger partial charge in [0.1, 0.15) is 11.4 Å². The van der Waals surface area contributed by atoms with Gasteiger partial charge in [-0.25, -0.2) is 4.79 Å². The minimum atomic E-state index is -0.549. The molecule has 0 radical (unpaired) electrons. The predicted octanol–water partition coefficient (Wildman–Crippen LogP) is 3.32. The molecule has 1 N–H and O–H groups in total. The topological polar surface area (TPSA) is 55.4 Å². The molecule has 0 aliphatic carbocycles. The molecule has 0 rings (SSSR count). The van der Waals surface area contributed by atoms with Crippen LogP contribution in [0.1, 0.15) is 48.0 Å². The highest BCUT2D eigenvalue weighted by Crippen LogP contribution is 2.17. The number of hydrogen-bond donors (Lipinski definition) is 1. The Hall–Kier alpha value is -1.32. The summed E-state index contributed by atoms with van der Waals surface area (Å²) in [4.78, 5) is 23.4. The van der Waals surface area contributed by atoms with Gasteiger partial charge in [-0.3, -0.25) is 4.79 Å². The molecule has 0 saturated carbocycles. The van der Waals surface area contributed by atoms with Gasteiger partial charge in [-0.05, 0) is 40.0 Å². The van der Waals surface area contributed by atoms with Gasteiger partial charge in [0.2, 0.25) is 0 Å². The number of Topliss-reactive ketones (excluding diaryl/α,β-unsaturated/α-hetero) is 1. The molecule has 0 heterocycles. The molecule has 4 nitrogen and oxygen atoms in total. The molecule has 0 aromatic rings. The molecule has 0 fully saturated rings. The van der Waals surface area contributed by atoms with Crippen LogP contribution in [-0.4, -0.2) is 23.5 Å². The molecular weight excluding hydrogens is 242 g/mol. The molecule has 0 unspecified atom stereocenters. The van der Waals surface area contributed by atoms with Crippen molar-refractivity contribution >= 4 is 11.9 Å². The zero-order valence-electron chi connectivity index (χ0n) is 12.9. The van der Waals surface area contributed by atoms with Gasteiger partial charge in [-0.15, -0.1) is 6.58 Å². The van der Waals surface area contributed by atoms with Crippen molar-refractivity contribution in [3.63, 3.8) is 0 Å². The quantitative estimate of drug-likeness (QED) is 0.753. The average Bonchev–Trinajstić information content (AvgIpc) is 2.12. The predicted molar refractivity (Wildman–Crippen MR) is 77.0 cm³/mol. The summed E-state index contributed by atoms with van der Waals surface area (Å²) in [6.45, 7) is 14.7. The van der Waals surface area contributed by atoms with E-state index >= 15 is 0 Å². The number of carbonyl (C=O) groups is 2. The number of nitrogens with one attached hydrogen (secondary N) is 1. The molecule has 2 atom stereocenters. The van der Waals surface area contributed by atoms with Crippen LogP contribution >= 0.6 is 0 Å². The van der Waals surface area contributed by atoms with E-state index in [2.05, 4.69) is 11.9 Å². The molecule has 0 bridgehead atoms. The van der Waals surface area contributed by atoms with Crippen LogP contribution in [0.15, 0.2) is 12.7 Å². The second-order valence-electron chi connectivity index (χ2n) is 6.25. The number of hydrogen-bond acceptors (Lipinski definition) is 3. The second-order valence-corrected chi connectivity index (χ2v) is 6.25. The van der Waals surface area contributed by atoms with E-state index < -0.39 is 11.7 Å². The van der Waals surface area contributed by atoms with Crippen molar-refractivity contribution in [3.05, 3.63) is 12.7 Å². The van der Waals surface area contributed by atoms with Gasteiger partial charge in [0.15, 0.2) is 0 Å². The van der Waals surface area contributed by atoms with E-state index in [0.717, 1.165) is 0 Å². The molecule has 0 aliphatic heterocycles. The van der Waals surface area contributed by atoms with Gasteiger partial charge in [0.05, 0.1) is 5.92 Å². The lowest BCUT2D eigenvalue weighted by molar-refractivity contribution is -0.120. The molecule has 0 aromatic carbocycles. The summed E-state index contributed by atoms with van der Waals surface area (Å²) >= 11 is 0. The molecule has 19 heavy (non-hydrogen) atoms. The van der Waals surface area contributed by atoms with E-state index in [4.69, 9.17) is 4.74 Å². The van der Waals surface area contributed by atoms with E-state index in [1.54, 1.807) is 26.8 Å². The Morgan fingerprint density at radius 3 is 2.16 bits per heavy atom. The Morgan fingerprint density at radius 1 is 1.32 bits per heavy atom. The standard InChI is InChI=1S/C15H27NO3/c1-8-12(11(4)17)13(9-10(2)3)16-14(18)19-15(5,6)7/h8,10,12-13H,1,9H2,2-7H3,(H,16,18)/t12-,13+/m1/s1. The lowest BCUT2D eigenvalue weighted by Gasteiger charge is -2.27. The van der Waals surface area contributed by atoms with E-state index in [1.807, 2.05) is 13.8 Å². The number of amides is 1. The number of alkyl carbamates (subject to hydrolysis) is 1. The van der Waals surface area contributed by atoms with Crippen molar-refractivity contribution < 1.29 is 14.3 Å². The fourth-order valence-corrected chi connectivity index (χ4v) is 1.88. The zero-order chi connectivity index (χ0) is 15.2. The normalized spacial score (nSPS) is 14.7. The minimum Gasteiger partial charge on any atom is -0.444 e. The highest BCUT2D eigenvalue weighted by molar-refractivity contribution is 5.81. The Labute approximate surface area is 116 Å². The Balaban J connectivity index is 4.81. The van der Waals surface area contributed by atoms with E-state index in [9.17, 15) is 9.59 Å². The van der Waals surface area contributed by atoms with Crippen molar-refractivity contribution in [2.75, 3.05) is 0 Å². The molecule has 110 valence electrons. The van der Waals surface area contributed by atoms with Gasteiger partial charge in [0, 0.05) is 6.04 Å². The van der Waals surface area contributed by atoms with Gasteiger partial charge in [-0.1, -0.05) is 19.9 Å². The summed E-state index contributed by atoms with van der Waals surface area (Å²) in [6, 6.07) is -0.273. The fraction of sp³-hybridized carbons (Fsp3) is 0.733. The van der Waals surface area contributed by atoms with Crippen molar-refractivity contribution in [2.24, 2.45) is 11.8 Å². The Bertz CT molecular complexity index is 329. The fourth-order valence-electron chi connectivity index (χ4n) is 1.88. The zero-order valence-corrected chi connectivity index (χ0v) is 12.9. The number of rotatable bonds is 6. The monoisotopic (exact) mass is 269 g/mol. The highest BCUT2D eigenvalue weighted by Gasteiger charge is 2.27. The average molecular weight is 269 g/mol. The summed E-state index contributed by atoms with van der Waals surface area (Å²) in [5, 5.41) is 2.78. The number of ketones is 1. The van der Waals surface area contributed by atoms with E-state index in [-0.39, 0.29) is 17.7 Å². The largest absolute Gasteiger partial charge is 0.444 e. The first kappa shape index (κ1) is 17.7. The molecule has 0 aromatic heterocycles. The molecular formula is C15H27NO3. The third-order valence-corrected chi connectivity index (χ3v) is 2.58. The van der Waals surface area contributed by atoms with Crippen molar-refractivity contribution in [1.82, 2.24) is 5.32 Å². The van der Waals surface area contributed by atoms with Crippen LogP contribution in [0.5, 0.6) is 0 Å². The summed E-state index contributed by atoms with van der Waals surface area (Å²) in [7, 11) is 0. The van der Waals surface area contributed by atoms with E-state index in [1.165, 1.54) is 6.92 Å². The van der Waals surface area contributed by atoms with Crippen molar-refractivity contribution in [1.29, 1.82) is 0 Å². The Morgan fingerprint density at radius 2 is 1.84 bits per heavy atom.